The maximum atomic E-state index is 10.9. The zero-order chi connectivity index (χ0) is 15.0. The largest absolute Gasteiger partial charge is 0.494 e. The maximum Gasteiger partial charge on any atom is 0.275 e. The van der Waals surface area contributed by atoms with Gasteiger partial charge in [-0.3, -0.25) is 10.1 Å². The predicted octanol–water partition coefficient (Wildman–Crippen LogP) is 2.75. The Bertz CT molecular complexity index is 434. The first-order chi connectivity index (χ1) is 9.60. The maximum absolute atomic E-state index is 10.9. The molecule has 0 aliphatic heterocycles. The summed E-state index contributed by atoms with van der Waals surface area (Å²) in [7, 11) is 0. The molecule has 0 radical (unpaired) electrons. The van der Waals surface area contributed by atoms with Crippen molar-refractivity contribution in [3.05, 3.63) is 28.3 Å². The molecule has 6 nitrogen and oxygen atoms in total. The summed E-state index contributed by atoms with van der Waals surface area (Å²) in [5.41, 5.74) is 0.760. The average Bonchev–Trinajstić information content (AvgIpc) is 2.44. The van der Waals surface area contributed by atoms with E-state index in [-0.39, 0.29) is 5.69 Å². The molecular weight excluding hydrogens is 258 g/mol. The third-order valence-corrected chi connectivity index (χ3v) is 3.06. The van der Waals surface area contributed by atoms with Gasteiger partial charge in [0.1, 0.15) is 5.75 Å². The standard InChI is InChI=1S/C14H23N3O3/c1-4-16(5-2)8-7-15-12-9-13(17(18)19)11-14(10-12)20-6-3/h9-11,15H,4-8H2,1-3H3. The third kappa shape index (κ3) is 5.05. The van der Waals surface area contributed by atoms with Crippen LogP contribution in [0.1, 0.15) is 20.8 Å². The van der Waals surface area contributed by atoms with E-state index >= 15 is 0 Å². The summed E-state index contributed by atoms with van der Waals surface area (Å²) < 4.78 is 5.35. The van der Waals surface area contributed by atoms with Gasteiger partial charge in [-0.2, -0.15) is 0 Å². The molecule has 1 N–H and O–H groups in total. The Morgan fingerprint density at radius 2 is 1.95 bits per heavy atom. The van der Waals surface area contributed by atoms with Gasteiger partial charge >= 0.3 is 0 Å². The van der Waals surface area contributed by atoms with E-state index in [0.29, 0.717) is 12.4 Å². The molecule has 1 aromatic carbocycles. The Morgan fingerprint density at radius 3 is 2.50 bits per heavy atom. The molecule has 112 valence electrons. The number of benzene rings is 1. The van der Waals surface area contributed by atoms with Crippen LogP contribution in [0.15, 0.2) is 18.2 Å². The van der Waals surface area contributed by atoms with E-state index in [2.05, 4.69) is 24.1 Å². The fourth-order valence-corrected chi connectivity index (χ4v) is 1.94. The predicted molar refractivity (Wildman–Crippen MR) is 80.5 cm³/mol. The van der Waals surface area contributed by atoms with Gasteiger partial charge in [0.15, 0.2) is 0 Å². The fraction of sp³-hybridized carbons (Fsp3) is 0.571. The van der Waals surface area contributed by atoms with Crippen molar-refractivity contribution >= 4 is 11.4 Å². The van der Waals surface area contributed by atoms with Crippen LogP contribution in [0.25, 0.3) is 0 Å². The van der Waals surface area contributed by atoms with Crippen molar-refractivity contribution in [2.75, 3.05) is 38.1 Å². The minimum Gasteiger partial charge on any atom is -0.494 e. The molecule has 0 saturated carbocycles. The van der Waals surface area contributed by atoms with E-state index < -0.39 is 4.92 Å². The fourth-order valence-electron chi connectivity index (χ4n) is 1.94. The number of nitrogens with one attached hydrogen (secondary N) is 1. The Kier molecular flexibility index (Phi) is 6.79. The van der Waals surface area contributed by atoms with Crippen molar-refractivity contribution in [1.82, 2.24) is 4.90 Å². The summed E-state index contributed by atoms with van der Waals surface area (Å²) in [6.45, 7) is 10.2. The number of non-ortho nitro benzene ring substituents is 1. The summed E-state index contributed by atoms with van der Waals surface area (Å²) in [6.07, 6.45) is 0. The van der Waals surface area contributed by atoms with Crippen LogP contribution in [0.3, 0.4) is 0 Å². The van der Waals surface area contributed by atoms with E-state index in [4.69, 9.17) is 4.74 Å². The van der Waals surface area contributed by atoms with Gasteiger partial charge in [-0.25, -0.2) is 0 Å². The van der Waals surface area contributed by atoms with Gasteiger partial charge in [0.25, 0.3) is 5.69 Å². The van der Waals surface area contributed by atoms with E-state index in [1.54, 1.807) is 6.07 Å². The zero-order valence-corrected chi connectivity index (χ0v) is 12.4. The minimum atomic E-state index is -0.405. The molecular formula is C14H23N3O3. The number of ether oxygens (including phenoxy) is 1. The molecule has 0 aromatic heterocycles. The first kappa shape index (κ1) is 16.2. The van der Waals surface area contributed by atoms with E-state index in [1.165, 1.54) is 12.1 Å². The lowest BCUT2D eigenvalue weighted by Crippen LogP contribution is -2.28. The molecule has 0 heterocycles. The second-order valence-corrected chi connectivity index (χ2v) is 4.36. The van der Waals surface area contributed by atoms with Crippen LogP contribution in [0.5, 0.6) is 5.75 Å². The zero-order valence-electron chi connectivity index (χ0n) is 12.4. The van der Waals surface area contributed by atoms with E-state index in [0.717, 1.165) is 31.9 Å². The van der Waals surface area contributed by atoms with Crippen LogP contribution in [0.2, 0.25) is 0 Å². The number of likely N-dealkylation sites (N-methyl/N-ethyl adjacent to an activating group) is 1. The smallest absolute Gasteiger partial charge is 0.275 e. The summed E-state index contributed by atoms with van der Waals surface area (Å²) in [5, 5.41) is 14.1. The molecule has 0 unspecified atom stereocenters. The van der Waals surface area contributed by atoms with Crippen molar-refractivity contribution in [2.45, 2.75) is 20.8 Å². The van der Waals surface area contributed by atoms with Crippen LogP contribution < -0.4 is 10.1 Å². The summed E-state index contributed by atoms with van der Waals surface area (Å²) in [5.74, 6) is 0.520. The summed E-state index contributed by atoms with van der Waals surface area (Å²) in [6, 6.07) is 4.77. The first-order valence-electron chi connectivity index (χ1n) is 6.99. The molecule has 0 aliphatic rings. The highest BCUT2D eigenvalue weighted by Gasteiger charge is 2.10. The first-order valence-corrected chi connectivity index (χ1v) is 6.99. The Balaban J connectivity index is 2.70. The van der Waals surface area contributed by atoms with Crippen molar-refractivity contribution in [3.8, 4) is 5.75 Å². The number of nitro groups is 1. The lowest BCUT2D eigenvalue weighted by molar-refractivity contribution is -0.384. The molecule has 0 saturated heterocycles. The van der Waals surface area contributed by atoms with Gasteiger partial charge in [0, 0.05) is 30.9 Å². The Hall–Kier alpha value is -1.82. The summed E-state index contributed by atoms with van der Waals surface area (Å²) >= 11 is 0. The number of hydrogen-bond donors (Lipinski definition) is 1. The van der Waals surface area contributed by atoms with Crippen molar-refractivity contribution in [1.29, 1.82) is 0 Å². The molecule has 0 atom stereocenters. The second kappa shape index (κ2) is 8.37. The normalized spacial score (nSPS) is 10.6. The molecule has 6 heteroatoms. The highest BCUT2D eigenvalue weighted by atomic mass is 16.6. The van der Waals surface area contributed by atoms with Crippen LogP contribution in [0.4, 0.5) is 11.4 Å². The van der Waals surface area contributed by atoms with Crippen LogP contribution in [-0.2, 0) is 0 Å². The minimum absolute atomic E-state index is 0.0429. The molecule has 0 aliphatic carbocycles. The highest BCUT2D eigenvalue weighted by Crippen LogP contribution is 2.25. The topological polar surface area (TPSA) is 67.6 Å². The van der Waals surface area contributed by atoms with Gasteiger partial charge in [-0.05, 0) is 20.0 Å². The van der Waals surface area contributed by atoms with Gasteiger partial charge in [0.05, 0.1) is 17.6 Å². The number of nitrogens with zero attached hydrogens (tertiary/aromatic N) is 2. The number of anilines is 1. The molecule has 1 rings (SSSR count). The van der Waals surface area contributed by atoms with Crippen molar-refractivity contribution in [2.24, 2.45) is 0 Å². The highest BCUT2D eigenvalue weighted by molar-refractivity contribution is 5.56. The molecule has 20 heavy (non-hydrogen) atoms. The van der Waals surface area contributed by atoms with Crippen LogP contribution in [0, 0.1) is 10.1 Å². The van der Waals surface area contributed by atoms with Gasteiger partial charge in [-0.15, -0.1) is 0 Å². The third-order valence-electron chi connectivity index (χ3n) is 3.06. The molecule has 0 spiro atoms. The molecule has 0 amide bonds. The van der Waals surface area contributed by atoms with Gasteiger partial charge in [0.2, 0.25) is 0 Å². The van der Waals surface area contributed by atoms with Crippen LogP contribution >= 0.6 is 0 Å². The van der Waals surface area contributed by atoms with Crippen molar-refractivity contribution in [3.63, 3.8) is 0 Å². The average molecular weight is 281 g/mol. The summed E-state index contributed by atoms with van der Waals surface area (Å²) in [4.78, 5) is 12.8. The van der Waals surface area contributed by atoms with Crippen molar-refractivity contribution < 1.29 is 9.66 Å². The molecule has 0 bridgehead atoms. The second-order valence-electron chi connectivity index (χ2n) is 4.36. The number of hydrogen-bond acceptors (Lipinski definition) is 5. The SMILES string of the molecule is CCOc1cc(NCCN(CC)CC)cc([N+](=O)[O-])c1. The quantitative estimate of drug-likeness (QED) is 0.557. The van der Waals surface area contributed by atoms with Gasteiger partial charge in [-0.1, -0.05) is 13.8 Å². The Labute approximate surface area is 119 Å². The lowest BCUT2D eigenvalue weighted by Gasteiger charge is -2.18. The van der Waals surface area contributed by atoms with E-state index in [1.807, 2.05) is 6.92 Å². The van der Waals surface area contributed by atoms with Gasteiger partial charge < -0.3 is 15.0 Å². The number of nitro benzene ring substituents is 1. The van der Waals surface area contributed by atoms with E-state index in [9.17, 15) is 10.1 Å². The molecule has 1 aromatic rings. The Morgan fingerprint density at radius 1 is 1.25 bits per heavy atom. The molecule has 0 fully saturated rings. The lowest BCUT2D eigenvalue weighted by atomic mass is 10.2. The van der Waals surface area contributed by atoms with Crippen LogP contribution in [-0.4, -0.2) is 42.6 Å². The number of rotatable bonds is 9. The monoisotopic (exact) mass is 281 g/mol.